The van der Waals surface area contributed by atoms with Gasteiger partial charge in [-0.3, -0.25) is 0 Å². The van der Waals surface area contributed by atoms with Crippen LogP contribution in [-0.4, -0.2) is 37.1 Å². The lowest BCUT2D eigenvalue weighted by molar-refractivity contribution is 0.0719. The molecule has 6 aromatic carbocycles. The molecule has 10 heteroatoms. The monoisotopic (exact) mass is 1030 g/mol. The van der Waals surface area contributed by atoms with E-state index in [1.165, 1.54) is 177 Å². The van der Waals surface area contributed by atoms with Crippen molar-refractivity contribution in [2.24, 2.45) is 0 Å². The van der Waals surface area contributed by atoms with Crippen LogP contribution in [0.15, 0.2) is 133 Å². The summed E-state index contributed by atoms with van der Waals surface area (Å²) in [6.45, 7) is 5.79. The minimum absolute atomic E-state index is 0.237. The second-order valence-corrected chi connectivity index (χ2v) is 19.8. The number of rotatable bonds is 36. The van der Waals surface area contributed by atoms with Crippen molar-refractivity contribution >= 4 is 34.6 Å². The number of hydrogen-bond donors (Lipinski definition) is 0. The molecular weight excluding hydrogens is 953 g/mol. The van der Waals surface area contributed by atoms with Crippen LogP contribution < -0.4 is 28.4 Å². The Labute approximate surface area is 451 Å². The van der Waals surface area contributed by atoms with Gasteiger partial charge in [-0.1, -0.05) is 173 Å². The summed E-state index contributed by atoms with van der Waals surface area (Å²) >= 11 is 0. The Morgan fingerprint density at radius 2 is 0.605 bits per heavy atom. The van der Waals surface area contributed by atoms with E-state index in [1.54, 1.807) is 78.9 Å². The average molecular weight is 1030 g/mol. The molecular formula is C66H80O10. The number of ether oxygens (including phenoxy) is 6. The van der Waals surface area contributed by atoms with Gasteiger partial charge in [-0.25, -0.2) is 19.2 Å². The molecule has 0 spiro atoms. The van der Waals surface area contributed by atoms with Gasteiger partial charge in [-0.15, -0.1) is 0 Å². The Morgan fingerprint density at radius 3 is 0.974 bits per heavy atom. The van der Waals surface area contributed by atoms with Crippen LogP contribution >= 0.6 is 0 Å². The quantitative estimate of drug-likeness (QED) is 0.0213. The Balaban J connectivity index is 0.881. The maximum atomic E-state index is 13.3. The summed E-state index contributed by atoms with van der Waals surface area (Å²) in [6, 6.07) is 36.3. The number of hydrogen-bond acceptors (Lipinski definition) is 10. The smallest absolute Gasteiger partial charge is 0.343 e. The van der Waals surface area contributed by atoms with Crippen LogP contribution in [0.4, 0.5) is 0 Å². The van der Waals surface area contributed by atoms with Crippen molar-refractivity contribution in [2.75, 3.05) is 13.2 Å². The number of esters is 4. The fourth-order valence-electron chi connectivity index (χ4n) is 8.99. The van der Waals surface area contributed by atoms with Crippen LogP contribution in [-0.2, 0) is 0 Å². The number of benzene rings is 6. The van der Waals surface area contributed by atoms with Gasteiger partial charge in [0.25, 0.3) is 0 Å². The fraction of sp³-hybridized carbons (Fsp3) is 0.424. The minimum atomic E-state index is -0.627. The van der Waals surface area contributed by atoms with Crippen LogP contribution in [0.25, 0.3) is 10.8 Å². The highest BCUT2D eigenvalue weighted by Crippen LogP contribution is 2.31. The van der Waals surface area contributed by atoms with E-state index in [-0.39, 0.29) is 34.1 Å². The van der Waals surface area contributed by atoms with E-state index in [4.69, 9.17) is 28.4 Å². The molecule has 6 aromatic rings. The van der Waals surface area contributed by atoms with Crippen LogP contribution in [0.3, 0.4) is 0 Å². The molecule has 0 fully saturated rings. The predicted molar refractivity (Wildman–Crippen MR) is 303 cm³/mol. The molecule has 404 valence electrons. The van der Waals surface area contributed by atoms with Crippen molar-refractivity contribution in [1.82, 2.24) is 0 Å². The molecule has 0 saturated heterocycles. The molecule has 76 heavy (non-hydrogen) atoms. The Morgan fingerprint density at radius 1 is 0.303 bits per heavy atom. The third kappa shape index (κ3) is 21.0. The maximum absolute atomic E-state index is 13.3. The standard InChI is InChI=1S/C66H80O10/c1-3-5-7-9-11-13-15-17-19-21-23-25-48-71-56-39-31-52(32-40-56)63(67)73-58-43-35-54(36-44-58)65(69)75-60-47-30-51-28-27-29-62(61(51)50-60)76-66(70)55-37-45-59(46-38-55)74-64(68)53-33-41-57(42-34-53)72-49-26-24-22-20-18-16-14-12-10-8-6-4-2/h27-47,50H,3-26,48-49H2,1-2H3. The first-order valence-electron chi connectivity index (χ1n) is 28.4. The second kappa shape index (κ2) is 33.9. The SMILES string of the molecule is CCCCCCCCCCCCCCOc1ccc(C(=O)Oc2ccc(C(=O)Oc3ccc4cccc(OC(=O)c5ccc(OC(=O)c6ccc(OCCCCCCCCCCCCCC)cc6)cc5)c4c3)cc2)cc1. The molecule has 0 radical (unpaired) electrons. The third-order valence-corrected chi connectivity index (χ3v) is 13.5. The van der Waals surface area contributed by atoms with Crippen molar-refractivity contribution in [3.63, 3.8) is 0 Å². The van der Waals surface area contributed by atoms with Gasteiger partial charge in [0.1, 0.15) is 34.5 Å². The van der Waals surface area contributed by atoms with E-state index in [0.717, 1.165) is 31.1 Å². The highest BCUT2D eigenvalue weighted by atomic mass is 16.5. The molecule has 0 aliphatic rings. The van der Waals surface area contributed by atoms with E-state index in [2.05, 4.69) is 13.8 Å². The van der Waals surface area contributed by atoms with Gasteiger partial charge in [-0.2, -0.15) is 0 Å². The van der Waals surface area contributed by atoms with Gasteiger partial charge in [0.2, 0.25) is 0 Å². The molecule has 0 unspecified atom stereocenters. The largest absolute Gasteiger partial charge is 0.494 e. The summed E-state index contributed by atoms with van der Waals surface area (Å²) in [4.78, 5) is 52.4. The number of fused-ring (bicyclic) bond motifs is 1. The molecule has 0 aliphatic carbocycles. The highest BCUT2D eigenvalue weighted by Gasteiger charge is 2.17. The van der Waals surface area contributed by atoms with Crippen molar-refractivity contribution in [2.45, 2.75) is 168 Å². The van der Waals surface area contributed by atoms with Crippen molar-refractivity contribution in [3.05, 3.63) is 156 Å². The van der Waals surface area contributed by atoms with Gasteiger partial charge in [-0.05, 0) is 133 Å². The zero-order chi connectivity index (χ0) is 53.4. The Bertz CT molecular complexity index is 2640. The van der Waals surface area contributed by atoms with E-state index < -0.39 is 23.9 Å². The first kappa shape index (κ1) is 58.3. The van der Waals surface area contributed by atoms with E-state index >= 15 is 0 Å². The Kier molecular flexibility index (Phi) is 26.0. The molecule has 0 bridgehead atoms. The van der Waals surface area contributed by atoms with Gasteiger partial charge < -0.3 is 28.4 Å². The number of carbonyl (C=O) groups excluding carboxylic acids is 4. The summed E-state index contributed by atoms with van der Waals surface area (Å²) in [5, 5.41) is 1.31. The van der Waals surface area contributed by atoms with Crippen LogP contribution in [0.5, 0.6) is 34.5 Å². The summed E-state index contributed by atoms with van der Waals surface area (Å²) in [5.41, 5.74) is 1.24. The first-order chi connectivity index (χ1) is 37.3. The molecule has 0 heterocycles. The van der Waals surface area contributed by atoms with Crippen LogP contribution in [0, 0.1) is 0 Å². The second-order valence-electron chi connectivity index (χ2n) is 19.8. The van der Waals surface area contributed by atoms with E-state index in [0.29, 0.717) is 41.2 Å². The molecule has 0 aliphatic heterocycles. The molecule has 0 amide bonds. The Hall–Kier alpha value is -6.94. The van der Waals surface area contributed by atoms with Gasteiger partial charge >= 0.3 is 23.9 Å². The lowest BCUT2D eigenvalue weighted by Crippen LogP contribution is -2.11. The number of carbonyl (C=O) groups is 4. The highest BCUT2D eigenvalue weighted by molar-refractivity contribution is 5.97. The van der Waals surface area contributed by atoms with Crippen LogP contribution in [0.2, 0.25) is 0 Å². The molecule has 0 aromatic heterocycles. The van der Waals surface area contributed by atoms with E-state index in [1.807, 2.05) is 6.07 Å². The lowest BCUT2D eigenvalue weighted by Gasteiger charge is -2.11. The van der Waals surface area contributed by atoms with Crippen molar-refractivity contribution in [1.29, 1.82) is 0 Å². The molecule has 6 rings (SSSR count). The molecule has 0 atom stereocenters. The molecule has 0 N–H and O–H groups in total. The zero-order valence-corrected chi connectivity index (χ0v) is 45.2. The van der Waals surface area contributed by atoms with Crippen LogP contribution in [0.1, 0.15) is 209 Å². The van der Waals surface area contributed by atoms with E-state index in [9.17, 15) is 19.2 Å². The normalized spacial score (nSPS) is 11.0. The predicted octanol–water partition coefficient (Wildman–Crippen LogP) is 17.9. The zero-order valence-electron chi connectivity index (χ0n) is 45.2. The summed E-state index contributed by atoms with van der Waals surface area (Å²) in [5.74, 6) is 0.142. The maximum Gasteiger partial charge on any atom is 0.343 e. The molecule has 0 saturated carbocycles. The summed E-state index contributed by atoms with van der Waals surface area (Å²) in [6.07, 6.45) is 30.9. The van der Waals surface area contributed by atoms with Gasteiger partial charge in [0.05, 0.1) is 35.5 Å². The number of unbranched alkanes of at least 4 members (excludes halogenated alkanes) is 22. The van der Waals surface area contributed by atoms with Crippen molar-refractivity contribution < 1.29 is 47.6 Å². The van der Waals surface area contributed by atoms with Gasteiger partial charge in [0.15, 0.2) is 0 Å². The average Bonchev–Trinajstić information content (AvgIpc) is 3.44. The fourth-order valence-corrected chi connectivity index (χ4v) is 8.99. The first-order valence-corrected chi connectivity index (χ1v) is 28.4. The third-order valence-electron chi connectivity index (χ3n) is 13.5. The lowest BCUT2D eigenvalue weighted by atomic mass is 10.1. The van der Waals surface area contributed by atoms with Crippen molar-refractivity contribution in [3.8, 4) is 34.5 Å². The minimum Gasteiger partial charge on any atom is -0.494 e. The summed E-state index contributed by atoms with van der Waals surface area (Å²) < 4.78 is 34.5. The molecule has 10 nitrogen and oxygen atoms in total. The summed E-state index contributed by atoms with van der Waals surface area (Å²) in [7, 11) is 0. The van der Waals surface area contributed by atoms with Gasteiger partial charge in [0, 0.05) is 5.39 Å². The topological polar surface area (TPSA) is 124 Å².